The maximum Gasteiger partial charge on any atom is 0.414 e. The van der Waals surface area contributed by atoms with Crippen molar-refractivity contribution in [3.8, 4) is 0 Å². The Morgan fingerprint density at radius 3 is 2.56 bits per heavy atom. The number of amides is 2. The van der Waals surface area contributed by atoms with Crippen molar-refractivity contribution in [1.29, 1.82) is 0 Å². The Balaban J connectivity index is 1.56. The molecule has 0 spiro atoms. The van der Waals surface area contributed by atoms with E-state index in [1.54, 1.807) is 4.90 Å². The molecule has 2 amide bonds. The molecule has 0 saturated carbocycles. The molecule has 0 radical (unpaired) electrons. The molecule has 0 unspecified atom stereocenters. The number of rotatable bonds is 8. The third-order valence-electron chi connectivity index (χ3n) is 5.12. The van der Waals surface area contributed by atoms with E-state index in [0.29, 0.717) is 0 Å². The second-order valence-electron chi connectivity index (χ2n) is 7.36. The van der Waals surface area contributed by atoms with E-state index in [-0.39, 0.29) is 50.6 Å². The Morgan fingerprint density at radius 2 is 1.97 bits per heavy atom. The van der Waals surface area contributed by atoms with Crippen LogP contribution in [0.15, 0.2) is 18.2 Å². The van der Waals surface area contributed by atoms with E-state index >= 15 is 0 Å². The average Bonchev–Trinajstić information content (AvgIpc) is 3.15. The van der Waals surface area contributed by atoms with Crippen molar-refractivity contribution in [3.05, 3.63) is 24.0 Å². The number of thiocarbonyl (C=S) groups is 1. The first-order valence-corrected chi connectivity index (χ1v) is 11.7. The summed E-state index contributed by atoms with van der Waals surface area (Å²) >= 11 is 4.48. The van der Waals surface area contributed by atoms with Crippen LogP contribution in [-0.4, -0.2) is 93.3 Å². The van der Waals surface area contributed by atoms with Crippen LogP contribution in [0.25, 0.3) is 0 Å². The predicted molar refractivity (Wildman–Crippen MR) is 117 cm³/mol. The number of ether oxygens (including phenoxy) is 1. The van der Waals surface area contributed by atoms with Crippen molar-refractivity contribution in [2.45, 2.75) is 12.5 Å². The van der Waals surface area contributed by atoms with Crippen LogP contribution in [0, 0.1) is 5.82 Å². The van der Waals surface area contributed by atoms with Crippen molar-refractivity contribution in [1.82, 2.24) is 10.2 Å². The maximum atomic E-state index is 14.8. The predicted octanol–water partition coefficient (Wildman–Crippen LogP) is 0.801. The highest BCUT2D eigenvalue weighted by Crippen LogP contribution is 2.28. The second kappa shape index (κ2) is 10.7. The number of piperazine rings is 1. The van der Waals surface area contributed by atoms with E-state index in [1.807, 2.05) is 0 Å². The Morgan fingerprint density at radius 1 is 1.29 bits per heavy atom. The number of hydrogen-bond acceptors (Lipinski definition) is 8. The van der Waals surface area contributed by atoms with Gasteiger partial charge in [-0.2, -0.15) is 8.42 Å². The molecule has 2 aliphatic heterocycles. The van der Waals surface area contributed by atoms with Gasteiger partial charge in [-0.3, -0.25) is 14.2 Å². The van der Waals surface area contributed by atoms with Gasteiger partial charge in [-0.05, 0) is 18.2 Å². The van der Waals surface area contributed by atoms with Gasteiger partial charge in [-0.15, -0.1) is 0 Å². The normalized spacial score (nSPS) is 18.9. The van der Waals surface area contributed by atoms with Gasteiger partial charge < -0.3 is 19.9 Å². The van der Waals surface area contributed by atoms with Crippen LogP contribution >= 0.6 is 12.2 Å². The highest BCUT2D eigenvalue weighted by molar-refractivity contribution is 7.81. The van der Waals surface area contributed by atoms with E-state index < -0.39 is 52.3 Å². The summed E-state index contributed by atoms with van der Waals surface area (Å²) in [6.45, 7) is -0.0921. The zero-order valence-corrected chi connectivity index (χ0v) is 19.2. The Labute approximate surface area is 198 Å². The minimum absolute atomic E-state index is 0.0168. The van der Waals surface area contributed by atoms with Crippen molar-refractivity contribution in [2.75, 3.05) is 55.7 Å². The molecule has 3 rings (SSSR count). The number of halogens is 3. The van der Waals surface area contributed by atoms with Crippen LogP contribution in [0.2, 0.25) is 0 Å². The number of carbonyl (C=O) groups excluding carboxylic acids is 2. The van der Waals surface area contributed by atoms with E-state index in [2.05, 4.69) is 21.7 Å². The molecule has 1 aromatic rings. The SMILES string of the molecule is O=C(COS(=O)(=O)O)N1CCN(c2ccc(N3C[C@H](CNC(=S)C(F)F)OC3=O)cc2F)CC1. The lowest BCUT2D eigenvalue weighted by Crippen LogP contribution is -2.50. The number of anilines is 2. The summed E-state index contributed by atoms with van der Waals surface area (Å²) in [5.74, 6) is -1.26. The molecule has 0 aromatic heterocycles. The average molecular weight is 527 g/mol. The topological polar surface area (TPSA) is 129 Å². The number of nitrogens with zero attached hydrogens (tertiary/aromatic N) is 3. The molecule has 1 aromatic carbocycles. The number of carbonyl (C=O) groups is 2. The summed E-state index contributed by atoms with van der Waals surface area (Å²) in [7, 11) is -4.73. The van der Waals surface area contributed by atoms with Crippen molar-refractivity contribution in [3.63, 3.8) is 0 Å². The molecule has 16 heteroatoms. The molecule has 11 nitrogen and oxygen atoms in total. The third-order valence-corrected chi connectivity index (χ3v) is 5.86. The fraction of sp³-hybridized carbons (Fsp3) is 0.500. The van der Waals surface area contributed by atoms with Gasteiger partial charge in [-0.1, -0.05) is 12.2 Å². The molecule has 0 bridgehead atoms. The van der Waals surface area contributed by atoms with Gasteiger partial charge in [0, 0.05) is 26.2 Å². The van der Waals surface area contributed by atoms with Crippen molar-refractivity contribution < 1.29 is 44.7 Å². The molecular weight excluding hydrogens is 505 g/mol. The zero-order valence-electron chi connectivity index (χ0n) is 17.5. The summed E-state index contributed by atoms with van der Waals surface area (Å²) in [4.78, 5) is 27.6. The summed E-state index contributed by atoms with van der Waals surface area (Å²) < 4.78 is 78.7. The minimum atomic E-state index is -4.73. The third kappa shape index (κ3) is 6.68. The molecule has 0 aliphatic carbocycles. The first-order valence-electron chi connectivity index (χ1n) is 9.92. The first-order chi connectivity index (χ1) is 15.9. The van der Waals surface area contributed by atoms with Crippen LogP contribution in [0.5, 0.6) is 0 Å². The summed E-state index contributed by atoms with van der Waals surface area (Å²) in [6.07, 6.45) is -4.32. The molecule has 2 heterocycles. The van der Waals surface area contributed by atoms with Crippen LogP contribution in [0.1, 0.15) is 0 Å². The molecule has 2 saturated heterocycles. The van der Waals surface area contributed by atoms with Gasteiger partial charge in [0.2, 0.25) is 5.91 Å². The van der Waals surface area contributed by atoms with Crippen LogP contribution in [0.4, 0.5) is 29.3 Å². The molecule has 2 fully saturated rings. The molecule has 1 atom stereocenters. The van der Waals surface area contributed by atoms with Gasteiger partial charge in [0.15, 0.2) is 0 Å². The monoisotopic (exact) mass is 526 g/mol. The van der Waals surface area contributed by atoms with Crippen LogP contribution in [0.3, 0.4) is 0 Å². The van der Waals surface area contributed by atoms with Gasteiger partial charge in [0.1, 0.15) is 23.5 Å². The molecule has 2 N–H and O–H groups in total. The summed E-state index contributed by atoms with van der Waals surface area (Å²) in [6, 6.07) is 4.12. The number of nitrogens with one attached hydrogen (secondary N) is 1. The highest BCUT2D eigenvalue weighted by Gasteiger charge is 2.33. The molecular formula is C18H21F3N4O7S2. The van der Waals surface area contributed by atoms with Gasteiger partial charge in [-0.25, -0.2) is 22.1 Å². The summed E-state index contributed by atoms with van der Waals surface area (Å²) in [5.41, 5.74) is 0.458. The Kier molecular flexibility index (Phi) is 8.17. The van der Waals surface area contributed by atoms with Crippen LogP contribution in [-0.2, 0) is 24.1 Å². The quantitative estimate of drug-likeness (QED) is 0.371. The van der Waals surface area contributed by atoms with Gasteiger partial charge in [0.25, 0.3) is 6.43 Å². The van der Waals surface area contributed by atoms with E-state index in [1.165, 1.54) is 21.9 Å². The lowest BCUT2D eigenvalue weighted by molar-refractivity contribution is -0.133. The number of benzene rings is 1. The van der Waals surface area contributed by atoms with Crippen molar-refractivity contribution >= 4 is 51.0 Å². The minimum Gasteiger partial charge on any atom is -0.442 e. The molecule has 2 aliphatic rings. The fourth-order valence-electron chi connectivity index (χ4n) is 3.46. The maximum absolute atomic E-state index is 14.8. The van der Waals surface area contributed by atoms with Gasteiger partial charge >= 0.3 is 16.5 Å². The lowest BCUT2D eigenvalue weighted by Gasteiger charge is -2.36. The Hall–Kier alpha value is -2.69. The summed E-state index contributed by atoms with van der Waals surface area (Å²) in [5, 5.41) is 2.33. The lowest BCUT2D eigenvalue weighted by atomic mass is 10.2. The highest BCUT2D eigenvalue weighted by atomic mass is 32.3. The van der Waals surface area contributed by atoms with E-state index in [0.717, 1.165) is 6.07 Å². The smallest absolute Gasteiger partial charge is 0.414 e. The van der Waals surface area contributed by atoms with E-state index in [4.69, 9.17) is 9.29 Å². The van der Waals surface area contributed by atoms with E-state index in [9.17, 15) is 31.2 Å². The first kappa shape index (κ1) is 25.9. The molecule has 188 valence electrons. The number of hydrogen-bond donors (Lipinski definition) is 2. The number of alkyl halides is 2. The molecule has 34 heavy (non-hydrogen) atoms. The fourth-order valence-corrected chi connectivity index (χ4v) is 3.80. The van der Waals surface area contributed by atoms with Crippen molar-refractivity contribution in [2.24, 2.45) is 0 Å². The second-order valence-corrected chi connectivity index (χ2v) is 8.89. The largest absolute Gasteiger partial charge is 0.442 e. The van der Waals surface area contributed by atoms with Crippen LogP contribution < -0.4 is 15.1 Å². The number of cyclic esters (lactones) is 1. The zero-order chi connectivity index (χ0) is 25.0. The standard InChI is InChI=1S/C18H21F3N4O7S2/c19-13-7-11(25-9-12(32-18(25)27)8-22-17(33)16(20)21)1-2-14(13)23-3-5-24(6-4-23)15(26)10-31-34(28,29)30/h1-2,7,12,16H,3-6,8-10H2,(H,22,33)(H,28,29,30)/t12-/m0/s1. The van der Waals surface area contributed by atoms with Gasteiger partial charge in [0.05, 0.1) is 24.5 Å². The Bertz CT molecular complexity index is 1050.